The van der Waals surface area contributed by atoms with Gasteiger partial charge in [0.05, 0.1) is 30.5 Å². The van der Waals surface area contributed by atoms with Crippen LogP contribution >= 0.6 is 0 Å². The summed E-state index contributed by atoms with van der Waals surface area (Å²) < 4.78 is 30.7. The third-order valence-corrected chi connectivity index (χ3v) is 7.38. The minimum atomic E-state index is -3.36. The second kappa shape index (κ2) is 10.4. The number of sulfonamides is 1. The minimum Gasteiger partial charge on any atom is -0.384 e. The molecule has 4 rings (SSSR count). The normalized spacial score (nSPS) is 18.1. The second-order valence-corrected chi connectivity index (χ2v) is 11.4. The van der Waals surface area contributed by atoms with Gasteiger partial charge in [0.25, 0.3) is 0 Å². The SMILES string of the molecule is COCCC(=O)N1CCN(c2nc(C3CC3)c(-c3ccc(NS(C)(=O)=O)cc3)c(C)c2C#N)CC1C. The van der Waals surface area contributed by atoms with Crippen molar-refractivity contribution in [2.75, 3.05) is 49.2 Å². The Balaban J connectivity index is 1.66. The summed E-state index contributed by atoms with van der Waals surface area (Å²) in [4.78, 5) is 21.6. The van der Waals surface area contributed by atoms with Crippen LogP contribution in [-0.2, 0) is 19.6 Å². The Labute approximate surface area is 213 Å². The Bertz CT molecular complexity index is 1280. The number of amides is 1. The van der Waals surface area contributed by atoms with E-state index in [1.165, 1.54) is 0 Å². The standard InChI is InChI=1S/C26H33N5O4S/c1-17-16-30(12-13-31(17)23(32)11-14-35-3)26-22(15-27)18(2)24(25(28-26)20-5-6-20)19-7-9-21(10-8-19)29-36(4,33)34/h7-10,17,20,29H,5-6,11-14,16H2,1-4H3. The summed E-state index contributed by atoms with van der Waals surface area (Å²) in [6.45, 7) is 6.18. The van der Waals surface area contributed by atoms with Crippen LogP contribution in [0.2, 0.25) is 0 Å². The van der Waals surface area contributed by atoms with Crippen molar-refractivity contribution in [1.29, 1.82) is 5.26 Å². The molecule has 2 heterocycles. The van der Waals surface area contributed by atoms with Crippen LogP contribution in [0, 0.1) is 18.3 Å². The first-order valence-corrected chi connectivity index (χ1v) is 14.1. The summed E-state index contributed by atoms with van der Waals surface area (Å²) in [7, 11) is -1.77. The molecule has 2 aromatic rings. The van der Waals surface area contributed by atoms with Gasteiger partial charge in [-0.2, -0.15) is 5.26 Å². The van der Waals surface area contributed by atoms with Gasteiger partial charge in [0, 0.05) is 50.0 Å². The number of hydrogen-bond donors (Lipinski definition) is 1. The van der Waals surface area contributed by atoms with Crippen molar-refractivity contribution in [3.8, 4) is 17.2 Å². The molecule has 192 valence electrons. The van der Waals surface area contributed by atoms with Gasteiger partial charge in [-0.15, -0.1) is 0 Å². The van der Waals surface area contributed by atoms with E-state index in [0.29, 0.717) is 55.6 Å². The number of piperazine rings is 1. The summed E-state index contributed by atoms with van der Waals surface area (Å²) in [6.07, 6.45) is 3.59. The van der Waals surface area contributed by atoms with Crippen LogP contribution in [0.15, 0.2) is 24.3 Å². The van der Waals surface area contributed by atoms with Gasteiger partial charge in [-0.1, -0.05) is 12.1 Å². The molecule has 1 aliphatic carbocycles. The Morgan fingerprint density at radius 3 is 2.50 bits per heavy atom. The first-order valence-electron chi connectivity index (χ1n) is 12.2. The number of ether oxygens (including phenoxy) is 1. The van der Waals surface area contributed by atoms with Gasteiger partial charge in [0.1, 0.15) is 11.9 Å². The van der Waals surface area contributed by atoms with Gasteiger partial charge in [-0.05, 0) is 49.9 Å². The highest BCUT2D eigenvalue weighted by molar-refractivity contribution is 7.92. The van der Waals surface area contributed by atoms with Crippen molar-refractivity contribution in [3.63, 3.8) is 0 Å². The van der Waals surface area contributed by atoms with E-state index in [-0.39, 0.29) is 11.9 Å². The zero-order valence-corrected chi connectivity index (χ0v) is 22.1. The number of benzene rings is 1. The maximum atomic E-state index is 12.6. The van der Waals surface area contributed by atoms with E-state index < -0.39 is 10.0 Å². The van der Waals surface area contributed by atoms with Crippen molar-refractivity contribution < 1.29 is 17.9 Å². The molecular weight excluding hydrogens is 478 g/mol. The number of hydrogen-bond acceptors (Lipinski definition) is 7. The zero-order chi connectivity index (χ0) is 26.0. The lowest BCUT2D eigenvalue weighted by Gasteiger charge is -2.41. The fraction of sp³-hybridized carbons (Fsp3) is 0.500. The molecule has 2 aliphatic rings. The molecule has 1 saturated heterocycles. The highest BCUT2D eigenvalue weighted by Crippen LogP contribution is 2.46. The molecule has 1 aromatic heterocycles. The van der Waals surface area contributed by atoms with E-state index in [2.05, 4.69) is 15.7 Å². The van der Waals surface area contributed by atoms with Crippen molar-refractivity contribution in [2.24, 2.45) is 0 Å². The number of nitriles is 1. The molecule has 9 nitrogen and oxygen atoms in total. The average molecular weight is 512 g/mol. The third-order valence-electron chi connectivity index (χ3n) is 6.78. The number of aromatic nitrogens is 1. The first kappa shape index (κ1) is 25.9. The molecule has 1 N–H and O–H groups in total. The van der Waals surface area contributed by atoms with Gasteiger partial charge >= 0.3 is 0 Å². The highest BCUT2D eigenvalue weighted by atomic mass is 32.2. The summed E-state index contributed by atoms with van der Waals surface area (Å²) in [5.74, 6) is 1.11. The minimum absolute atomic E-state index is 0.00399. The molecule has 1 aliphatic heterocycles. The smallest absolute Gasteiger partial charge is 0.229 e. The van der Waals surface area contributed by atoms with E-state index in [1.807, 2.05) is 30.9 Å². The number of pyridine rings is 1. The molecule has 1 atom stereocenters. The molecule has 0 radical (unpaired) electrons. The van der Waals surface area contributed by atoms with E-state index in [1.54, 1.807) is 19.2 Å². The maximum absolute atomic E-state index is 12.6. The molecule has 10 heteroatoms. The highest BCUT2D eigenvalue weighted by Gasteiger charge is 2.34. The van der Waals surface area contributed by atoms with Crippen LogP contribution < -0.4 is 9.62 Å². The van der Waals surface area contributed by atoms with E-state index in [0.717, 1.165) is 41.5 Å². The summed E-state index contributed by atoms with van der Waals surface area (Å²) in [6, 6.07) is 9.58. The van der Waals surface area contributed by atoms with Gasteiger partial charge < -0.3 is 14.5 Å². The van der Waals surface area contributed by atoms with Crippen LogP contribution in [-0.4, -0.2) is 69.9 Å². The molecule has 36 heavy (non-hydrogen) atoms. The average Bonchev–Trinajstić information content (AvgIpc) is 3.67. The number of methoxy groups -OCH3 is 1. The molecule has 1 unspecified atom stereocenters. The molecule has 0 spiro atoms. The number of rotatable bonds is 8. The molecule has 1 saturated carbocycles. The van der Waals surface area contributed by atoms with E-state index >= 15 is 0 Å². The maximum Gasteiger partial charge on any atom is 0.229 e. The quantitative estimate of drug-likeness (QED) is 0.578. The summed E-state index contributed by atoms with van der Waals surface area (Å²) >= 11 is 0. The first-order chi connectivity index (χ1) is 17.1. The number of carbonyl (C=O) groups excluding carboxylic acids is 1. The van der Waals surface area contributed by atoms with Crippen molar-refractivity contribution in [1.82, 2.24) is 9.88 Å². The number of anilines is 2. The largest absolute Gasteiger partial charge is 0.384 e. The number of carbonyl (C=O) groups is 1. The third kappa shape index (κ3) is 5.63. The molecule has 1 amide bonds. The van der Waals surface area contributed by atoms with Crippen molar-refractivity contribution in [3.05, 3.63) is 41.1 Å². The topological polar surface area (TPSA) is 116 Å². The lowest BCUT2D eigenvalue weighted by atomic mass is 9.93. The van der Waals surface area contributed by atoms with Crippen LogP contribution in [0.3, 0.4) is 0 Å². The van der Waals surface area contributed by atoms with Gasteiger partial charge in [0.15, 0.2) is 0 Å². The fourth-order valence-corrected chi connectivity index (χ4v) is 5.43. The Hall–Kier alpha value is -3.16. The Kier molecular flexibility index (Phi) is 7.52. The lowest BCUT2D eigenvalue weighted by molar-refractivity contribution is -0.134. The van der Waals surface area contributed by atoms with Crippen molar-refractivity contribution >= 4 is 27.4 Å². The molecule has 0 bridgehead atoms. The van der Waals surface area contributed by atoms with E-state index in [4.69, 9.17) is 9.72 Å². The molecule has 1 aromatic carbocycles. The zero-order valence-electron chi connectivity index (χ0n) is 21.2. The number of nitrogens with one attached hydrogen (secondary N) is 1. The second-order valence-electron chi connectivity index (χ2n) is 9.66. The molecule has 2 fully saturated rings. The Morgan fingerprint density at radius 2 is 1.94 bits per heavy atom. The van der Waals surface area contributed by atoms with Crippen LogP contribution in [0.5, 0.6) is 0 Å². The van der Waals surface area contributed by atoms with Gasteiger partial charge in [-0.25, -0.2) is 13.4 Å². The molecular formula is C26H33N5O4S. The van der Waals surface area contributed by atoms with Crippen molar-refractivity contribution in [2.45, 2.75) is 45.1 Å². The van der Waals surface area contributed by atoms with Crippen LogP contribution in [0.1, 0.15) is 48.9 Å². The van der Waals surface area contributed by atoms with Crippen LogP contribution in [0.4, 0.5) is 11.5 Å². The number of nitrogens with zero attached hydrogens (tertiary/aromatic N) is 4. The fourth-order valence-electron chi connectivity index (χ4n) is 4.86. The van der Waals surface area contributed by atoms with Gasteiger partial charge in [-0.3, -0.25) is 9.52 Å². The predicted octanol–water partition coefficient (Wildman–Crippen LogP) is 3.25. The van der Waals surface area contributed by atoms with Crippen LogP contribution in [0.25, 0.3) is 11.1 Å². The lowest BCUT2D eigenvalue weighted by Crippen LogP contribution is -2.54. The predicted molar refractivity (Wildman–Crippen MR) is 139 cm³/mol. The monoisotopic (exact) mass is 511 g/mol. The summed E-state index contributed by atoms with van der Waals surface area (Å²) in [5.41, 5.74) is 4.75. The van der Waals surface area contributed by atoms with E-state index in [9.17, 15) is 18.5 Å². The summed E-state index contributed by atoms with van der Waals surface area (Å²) in [5, 5.41) is 10.1. The Morgan fingerprint density at radius 1 is 1.25 bits per heavy atom. The van der Waals surface area contributed by atoms with Gasteiger partial charge in [0.2, 0.25) is 15.9 Å².